The van der Waals surface area contributed by atoms with E-state index in [1.165, 1.54) is 12.1 Å². The van der Waals surface area contributed by atoms with Crippen LogP contribution < -0.4 is 0 Å². The van der Waals surface area contributed by atoms with Gasteiger partial charge in [-0.15, -0.1) is 21.8 Å². The van der Waals surface area contributed by atoms with Gasteiger partial charge < -0.3 is 9.30 Å². The molecule has 0 aliphatic heterocycles. The lowest BCUT2D eigenvalue weighted by Crippen LogP contribution is -2.11. The van der Waals surface area contributed by atoms with Gasteiger partial charge >= 0.3 is 0 Å². The first-order chi connectivity index (χ1) is 9.24. The molecule has 0 unspecified atom stereocenters. The number of halogens is 2. The van der Waals surface area contributed by atoms with E-state index in [2.05, 4.69) is 10.2 Å². The predicted octanol–water partition coefficient (Wildman–Crippen LogP) is 2.39. The van der Waals surface area contributed by atoms with Crippen molar-refractivity contribution >= 4 is 11.6 Å². The zero-order chi connectivity index (χ0) is 13.7. The molecule has 0 saturated heterocycles. The topological polar surface area (TPSA) is 39.9 Å². The minimum absolute atomic E-state index is 0.244. The Morgan fingerprint density at radius 2 is 1.89 bits per heavy atom. The molecule has 0 bridgehead atoms. The first-order valence-corrected chi connectivity index (χ1v) is 6.48. The molecule has 2 rings (SSSR count). The van der Waals surface area contributed by atoms with Gasteiger partial charge in [-0.05, 0) is 17.7 Å². The Balaban J connectivity index is 2.19. The van der Waals surface area contributed by atoms with Crippen LogP contribution in [0.15, 0.2) is 24.3 Å². The molecule has 0 radical (unpaired) electrons. The van der Waals surface area contributed by atoms with Crippen LogP contribution in [0, 0.1) is 5.82 Å². The average molecular weight is 284 g/mol. The first-order valence-electron chi connectivity index (χ1n) is 5.95. The summed E-state index contributed by atoms with van der Waals surface area (Å²) in [5.74, 6) is 1.58. The number of hydrogen-bond acceptors (Lipinski definition) is 3. The number of aromatic nitrogens is 3. The summed E-state index contributed by atoms with van der Waals surface area (Å²) >= 11 is 5.83. The van der Waals surface area contributed by atoms with Crippen LogP contribution in [0.1, 0.15) is 17.2 Å². The summed E-state index contributed by atoms with van der Waals surface area (Å²) in [6.07, 6.45) is 0.591. The van der Waals surface area contributed by atoms with Gasteiger partial charge in [0.05, 0.1) is 12.5 Å². The van der Waals surface area contributed by atoms with Gasteiger partial charge in [-0.2, -0.15) is 0 Å². The Morgan fingerprint density at radius 3 is 2.53 bits per heavy atom. The van der Waals surface area contributed by atoms with Crippen molar-refractivity contribution in [3.63, 3.8) is 0 Å². The van der Waals surface area contributed by atoms with Gasteiger partial charge in [-0.3, -0.25) is 0 Å². The molecule has 1 aromatic carbocycles. The maximum absolute atomic E-state index is 12.9. The van der Waals surface area contributed by atoms with Gasteiger partial charge in [-0.1, -0.05) is 12.1 Å². The molecule has 0 atom stereocenters. The van der Waals surface area contributed by atoms with Gasteiger partial charge in [0.25, 0.3) is 0 Å². The molecule has 0 saturated carbocycles. The minimum atomic E-state index is -0.244. The zero-order valence-corrected chi connectivity index (χ0v) is 11.4. The highest BCUT2D eigenvalue weighted by Gasteiger charge is 2.11. The molecular weight excluding hydrogens is 269 g/mol. The molecule has 1 aromatic heterocycles. The summed E-state index contributed by atoms with van der Waals surface area (Å²) in [6, 6.07) is 6.36. The van der Waals surface area contributed by atoms with Crippen LogP contribution in [0.4, 0.5) is 4.39 Å². The Bertz CT molecular complexity index is 527. The van der Waals surface area contributed by atoms with Crippen molar-refractivity contribution in [3.05, 3.63) is 47.3 Å². The van der Waals surface area contributed by atoms with Crippen LogP contribution in [-0.4, -0.2) is 28.5 Å². The van der Waals surface area contributed by atoms with Crippen molar-refractivity contribution in [1.82, 2.24) is 14.8 Å². The van der Waals surface area contributed by atoms with Crippen LogP contribution in [0.2, 0.25) is 0 Å². The van der Waals surface area contributed by atoms with E-state index in [4.69, 9.17) is 16.3 Å². The lowest BCUT2D eigenvalue weighted by Gasteiger charge is -2.08. The normalized spacial score (nSPS) is 10.9. The number of rotatable bonds is 6. The third kappa shape index (κ3) is 3.52. The molecule has 0 spiro atoms. The van der Waals surface area contributed by atoms with Gasteiger partial charge in [0.2, 0.25) is 0 Å². The van der Waals surface area contributed by atoms with E-state index in [1.54, 1.807) is 19.2 Å². The zero-order valence-electron chi connectivity index (χ0n) is 10.6. The molecule has 0 amide bonds. The third-order valence-corrected chi connectivity index (χ3v) is 3.06. The molecule has 4 nitrogen and oxygen atoms in total. The van der Waals surface area contributed by atoms with Crippen molar-refractivity contribution in [2.75, 3.05) is 13.7 Å². The molecule has 2 aromatic rings. The molecule has 0 N–H and O–H groups in total. The van der Waals surface area contributed by atoms with Crippen LogP contribution in [-0.2, 0) is 23.6 Å². The fourth-order valence-electron chi connectivity index (χ4n) is 1.83. The highest BCUT2D eigenvalue weighted by molar-refractivity contribution is 6.16. The summed E-state index contributed by atoms with van der Waals surface area (Å²) in [4.78, 5) is 0. The summed E-state index contributed by atoms with van der Waals surface area (Å²) < 4.78 is 19.9. The van der Waals surface area contributed by atoms with Crippen molar-refractivity contribution in [3.8, 4) is 0 Å². The Kier molecular flexibility index (Phi) is 4.87. The Morgan fingerprint density at radius 1 is 1.21 bits per heavy atom. The van der Waals surface area contributed by atoms with Crippen molar-refractivity contribution in [1.29, 1.82) is 0 Å². The van der Waals surface area contributed by atoms with Crippen molar-refractivity contribution < 1.29 is 9.13 Å². The summed E-state index contributed by atoms with van der Waals surface area (Å²) in [5, 5.41) is 8.19. The fraction of sp³-hybridized carbons (Fsp3) is 0.385. The van der Waals surface area contributed by atoms with Gasteiger partial charge in [0, 0.05) is 20.1 Å². The highest BCUT2D eigenvalue weighted by atomic mass is 35.5. The maximum Gasteiger partial charge on any atom is 0.148 e. The second-order valence-electron chi connectivity index (χ2n) is 4.11. The molecule has 6 heteroatoms. The first kappa shape index (κ1) is 14.0. The number of methoxy groups -OCH3 is 1. The van der Waals surface area contributed by atoms with E-state index in [9.17, 15) is 4.39 Å². The SMILES string of the molecule is COCCn1c(CCl)nnc1Cc1ccc(F)cc1. The minimum Gasteiger partial charge on any atom is -0.383 e. The quantitative estimate of drug-likeness (QED) is 0.764. The fourth-order valence-corrected chi connectivity index (χ4v) is 2.03. The second kappa shape index (κ2) is 6.63. The Labute approximate surface area is 116 Å². The van der Waals surface area contributed by atoms with Gasteiger partial charge in [0.1, 0.15) is 17.5 Å². The lowest BCUT2D eigenvalue weighted by atomic mass is 10.1. The summed E-state index contributed by atoms with van der Waals surface area (Å²) in [5.41, 5.74) is 0.980. The standard InChI is InChI=1S/C13H15ClFN3O/c1-19-7-6-18-12(16-17-13(18)9-14)8-10-2-4-11(15)5-3-10/h2-5H,6-9H2,1H3. The molecule has 1 heterocycles. The molecule has 0 aliphatic carbocycles. The highest BCUT2D eigenvalue weighted by Crippen LogP contribution is 2.12. The molecule has 0 fully saturated rings. The summed E-state index contributed by atoms with van der Waals surface area (Å²) in [6.45, 7) is 1.22. The monoisotopic (exact) mass is 283 g/mol. The van der Waals surface area contributed by atoms with E-state index in [-0.39, 0.29) is 5.82 Å². The maximum atomic E-state index is 12.9. The third-order valence-electron chi connectivity index (χ3n) is 2.82. The smallest absolute Gasteiger partial charge is 0.148 e. The molecule has 102 valence electrons. The van der Waals surface area contributed by atoms with E-state index in [0.29, 0.717) is 25.5 Å². The van der Waals surface area contributed by atoms with E-state index < -0.39 is 0 Å². The van der Waals surface area contributed by atoms with Crippen molar-refractivity contribution in [2.24, 2.45) is 0 Å². The van der Waals surface area contributed by atoms with Crippen LogP contribution in [0.3, 0.4) is 0 Å². The van der Waals surface area contributed by atoms with Crippen LogP contribution >= 0.6 is 11.6 Å². The Hall–Kier alpha value is -1.46. The number of benzene rings is 1. The molecule has 0 aliphatic rings. The van der Waals surface area contributed by atoms with E-state index in [0.717, 1.165) is 17.2 Å². The number of nitrogens with zero attached hydrogens (tertiary/aromatic N) is 3. The van der Waals surface area contributed by atoms with E-state index >= 15 is 0 Å². The largest absolute Gasteiger partial charge is 0.383 e. The molecular formula is C13H15ClFN3O. The molecule has 19 heavy (non-hydrogen) atoms. The number of alkyl halides is 1. The average Bonchev–Trinajstić information content (AvgIpc) is 2.81. The van der Waals surface area contributed by atoms with Crippen LogP contribution in [0.5, 0.6) is 0 Å². The lowest BCUT2D eigenvalue weighted by molar-refractivity contribution is 0.185. The number of hydrogen-bond donors (Lipinski definition) is 0. The predicted molar refractivity (Wildman–Crippen MR) is 70.7 cm³/mol. The second-order valence-corrected chi connectivity index (χ2v) is 4.38. The van der Waals surface area contributed by atoms with Crippen molar-refractivity contribution in [2.45, 2.75) is 18.8 Å². The van der Waals surface area contributed by atoms with Gasteiger partial charge in [0.15, 0.2) is 0 Å². The van der Waals surface area contributed by atoms with Gasteiger partial charge in [-0.25, -0.2) is 4.39 Å². The van der Waals surface area contributed by atoms with E-state index in [1.807, 2.05) is 4.57 Å². The summed E-state index contributed by atoms with van der Waals surface area (Å²) in [7, 11) is 1.64. The van der Waals surface area contributed by atoms with Crippen LogP contribution in [0.25, 0.3) is 0 Å². The number of ether oxygens (including phenoxy) is 1.